The molecule has 1 unspecified atom stereocenters. The van der Waals surface area contributed by atoms with Crippen LogP contribution >= 0.6 is 0 Å². The van der Waals surface area contributed by atoms with Crippen molar-refractivity contribution in [3.8, 4) is 5.75 Å². The van der Waals surface area contributed by atoms with Gasteiger partial charge in [-0.15, -0.1) is 0 Å². The van der Waals surface area contributed by atoms with Crippen LogP contribution in [0.1, 0.15) is 42.0 Å². The van der Waals surface area contributed by atoms with E-state index in [1.54, 1.807) is 28.1 Å². The first-order chi connectivity index (χ1) is 12.3. The van der Waals surface area contributed by atoms with Crippen molar-refractivity contribution >= 4 is 0 Å². The van der Waals surface area contributed by atoms with Gasteiger partial charge in [-0.05, 0) is 27.8 Å². The van der Waals surface area contributed by atoms with Crippen molar-refractivity contribution in [1.29, 1.82) is 0 Å². The van der Waals surface area contributed by atoms with Gasteiger partial charge in [-0.1, -0.05) is 30.3 Å². The van der Waals surface area contributed by atoms with Gasteiger partial charge in [0, 0.05) is 25.3 Å². The first-order valence-electron chi connectivity index (χ1n) is 8.02. The van der Waals surface area contributed by atoms with Crippen molar-refractivity contribution in [1.82, 2.24) is 0 Å². The second-order valence-electron chi connectivity index (χ2n) is 5.22. The van der Waals surface area contributed by atoms with E-state index < -0.39 is 17.3 Å². The zero-order valence-electron chi connectivity index (χ0n) is 16.1. The molecule has 7 heteroatoms. The predicted octanol–water partition coefficient (Wildman–Crippen LogP) is 2.57. The topological polar surface area (TPSA) is 115 Å². The SMILES string of the molecule is CN.COC(OC)c1ccccc1.Cc1oc(C(C)O)c(O)c(=O)c1C. The average Bonchev–Trinajstić information content (AvgIpc) is 2.67. The maximum atomic E-state index is 11.3. The van der Waals surface area contributed by atoms with Crippen LogP contribution in [0, 0.1) is 13.8 Å². The summed E-state index contributed by atoms with van der Waals surface area (Å²) in [6.07, 6.45) is -1.22. The van der Waals surface area contributed by atoms with E-state index in [0.717, 1.165) is 5.56 Å². The third-order valence-electron chi connectivity index (χ3n) is 3.46. The number of hydrogen-bond donors (Lipinski definition) is 3. The molecular weight excluding hydrogens is 338 g/mol. The lowest BCUT2D eigenvalue weighted by atomic mass is 10.2. The number of aryl methyl sites for hydroxylation is 1. The maximum Gasteiger partial charge on any atom is 0.230 e. The lowest BCUT2D eigenvalue weighted by Gasteiger charge is -2.12. The highest BCUT2D eigenvalue weighted by Crippen LogP contribution is 2.22. The van der Waals surface area contributed by atoms with Gasteiger partial charge in [0.25, 0.3) is 0 Å². The van der Waals surface area contributed by atoms with E-state index in [-0.39, 0.29) is 12.1 Å². The molecule has 1 heterocycles. The number of benzene rings is 1. The minimum atomic E-state index is -0.980. The van der Waals surface area contributed by atoms with Crippen molar-refractivity contribution in [2.75, 3.05) is 21.3 Å². The summed E-state index contributed by atoms with van der Waals surface area (Å²) in [6, 6.07) is 9.82. The lowest BCUT2D eigenvalue weighted by molar-refractivity contribution is -0.106. The van der Waals surface area contributed by atoms with Crippen molar-refractivity contribution in [2.45, 2.75) is 33.2 Å². The first-order valence-corrected chi connectivity index (χ1v) is 8.02. The Labute approximate surface area is 154 Å². The van der Waals surface area contributed by atoms with E-state index in [1.165, 1.54) is 14.0 Å². The average molecular weight is 367 g/mol. The molecule has 0 aliphatic carbocycles. The van der Waals surface area contributed by atoms with Crippen LogP contribution in [0.25, 0.3) is 0 Å². The van der Waals surface area contributed by atoms with E-state index in [2.05, 4.69) is 5.73 Å². The van der Waals surface area contributed by atoms with E-state index in [0.29, 0.717) is 11.3 Å². The third kappa shape index (κ3) is 6.61. The highest BCUT2D eigenvalue weighted by molar-refractivity contribution is 5.31. The Bertz CT molecular complexity index is 693. The number of aliphatic hydroxyl groups is 1. The van der Waals surface area contributed by atoms with E-state index in [4.69, 9.17) is 19.0 Å². The Morgan fingerprint density at radius 3 is 2.00 bits per heavy atom. The molecule has 146 valence electrons. The second-order valence-corrected chi connectivity index (χ2v) is 5.22. The van der Waals surface area contributed by atoms with Gasteiger partial charge in [-0.3, -0.25) is 4.79 Å². The quantitative estimate of drug-likeness (QED) is 0.711. The fourth-order valence-electron chi connectivity index (χ4n) is 2.00. The minimum Gasteiger partial charge on any atom is -0.502 e. The molecule has 0 aliphatic heterocycles. The standard InChI is InChI=1S/C9H12O4.C9H12O2.CH5N/c1-4-6(3)13-9(5(2)10)8(12)7(4)11;1-10-9(11-2)8-6-4-3-5-7-8;1-2/h5,10,12H,1-3H3;3-7,9H,1-2H3;2H2,1H3. The molecule has 1 aromatic heterocycles. The van der Waals surface area contributed by atoms with Crippen LogP contribution in [-0.4, -0.2) is 31.5 Å². The smallest absolute Gasteiger partial charge is 0.230 e. The van der Waals surface area contributed by atoms with Crippen molar-refractivity contribution in [2.24, 2.45) is 5.73 Å². The summed E-state index contributed by atoms with van der Waals surface area (Å²) in [4.78, 5) is 11.3. The number of hydrogen-bond acceptors (Lipinski definition) is 7. The molecule has 26 heavy (non-hydrogen) atoms. The van der Waals surface area contributed by atoms with Crippen LogP contribution in [0.5, 0.6) is 5.75 Å². The largest absolute Gasteiger partial charge is 0.502 e. The molecule has 0 spiro atoms. The fraction of sp³-hybridized carbons (Fsp3) is 0.421. The molecule has 0 aliphatic rings. The number of rotatable bonds is 4. The Hall–Kier alpha value is -2.19. The monoisotopic (exact) mass is 367 g/mol. The van der Waals surface area contributed by atoms with Gasteiger partial charge in [0.15, 0.2) is 12.1 Å². The molecular formula is C19H29NO6. The van der Waals surface area contributed by atoms with Crippen molar-refractivity contribution < 1.29 is 24.1 Å². The Morgan fingerprint density at radius 1 is 1.08 bits per heavy atom. The molecule has 0 saturated carbocycles. The third-order valence-corrected chi connectivity index (χ3v) is 3.46. The normalized spacial score (nSPS) is 11.1. The molecule has 0 amide bonds. The molecule has 0 radical (unpaired) electrons. The summed E-state index contributed by atoms with van der Waals surface area (Å²) in [7, 11) is 4.75. The van der Waals surface area contributed by atoms with Gasteiger partial charge < -0.3 is 29.8 Å². The van der Waals surface area contributed by atoms with E-state index >= 15 is 0 Å². The zero-order chi connectivity index (χ0) is 20.3. The molecule has 2 rings (SSSR count). The summed E-state index contributed by atoms with van der Waals surface area (Å²) < 4.78 is 15.2. The number of aromatic hydroxyl groups is 1. The molecule has 2 aromatic rings. The van der Waals surface area contributed by atoms with Gasteiger partial charge in [0.05, 0.1) is 0 Å². The summed E-state index contributed by atoms with van der Waals surface area (Å²) in [5, 5.41) is 18.5. The summed E-state index contributed by atoms with van der Waals surface area (Å²) in [5.74, 6) is -0.162. The summed E-state index contributed by atoms with van der Waals surface area (Å²) in [5.41, 5.74) is 5.42. The van der Waals surface area contributed by atoms with Crippen LogP contribution in [0.3, 0.4) is 0 Å². The molecule has 7 nitrogen and oxygen atoms in total. The number of ether oxygens (including phenoxy) is 2. The van der Waals surface area contributed by atoms with Gasteiger partial charge in [-0.25, -0.2) is 0 Å². The second kappa shape index (κ2) is 12.2. The Morgan fingerprint density at radius 2 is 1.58 bits per heavy atom. The molecule has 1 aromatic carbocycles. The molecule has 0 saturated heterocycles. The van der Waals surface area contributed by atoms with E-state index in [9.17, 15) is 9.90 Å². The first kappa shape index (κ1) is 23.8. The Kier molecular flexibility index (Phi) is 11.2. The minimum absolute atomic E-state index is 0.0758. The molecule has 4 N–H and O–H groups in total. The summed E-state index contributed by atoms with van der Waals surface area (Å²) in [6.45, 7) is 4.60. The fourth-order valence-corrected chi connectivity index (χ4v) is 2.00. The molecule has 1 atom stereocenters. The van der Waals surface area contributed by atoms with Crippen LogP contribution in [0.4, 0.5) is 0 Å². The van der Waals surface area contributed by atoms with Crippen molar-refractivity contribution in [3.05, 3.63) is 63.2 Å². The lowest BCUT2D eigenvalue weighted by Crippen LogP contribution is -2.10. The van der Waals surface area contributed by atoms with Crippen LogP contribution in [-0.2, 0) is 9.47 Å². The Balaban J connectivity index is 0.000000444. The summed E-state index contributed by atoms with van der Waals surface area (Å²) >= 11 is 0. The zero-order valence-corrected chi connectivity index (χ0v) is 16.1. The van der Waals surface area contributed by atoms with Crippen LogP contribution < -0.4 is 11.2 Å². The number of nitrogens with two attached hydrogens (primary N) is 1. The van der Waals surface area contributed by atoms with Gasteiger partial charge in [0.1, 0.15) is 11.9 Å². The highest BCUT2D eigenvalue weighted by Gasteiger charge is 2.16. The predicted molar refractivity (Wildman–Crippen MR) is 100 cm³/mol. The van der Waals surface area contributed by atoms with Gasteiger partial charge >= 0.3 is 0 Å². The van der Waals surface area contributed by atoms with E-state index in [1.807, 2.05) is 30.3 Å². The van der Waals surface area contributed by atoms with Crippen LogP contribution in [0.15, 0.2) is 39.5 Å². The van der Waals surface area contributed by atoms with Crippen LogP contribution in [0.2, 0.25) is 0 Å². The van der Waals surface area contributed by atoms with Crippen molar-refractivity contribution in [3.63, 3.8) is 0 Å². The van der Waals surface area contributed by atoms with Gasteiger partial charge in [0.2, 0.25) is 11.2 Å². The maximum absolute atomic E-state index is 11.3. The number of methoxy groups -OCH3 is 2. The van der Waals surface area contributed by atoms with Gasteiger partial charge in [-0.2, -0.15) is 0 Å². The molecule has 0 bridgehead atoms. The molecule has 0 fully saturated rings. The highest BCUT2D eigenvalue weighted by atomic mass is 16.7. The number of aliphatic hydroxyl groups excluding tert-OH is 1.